The highest BCUT2D eigenvalue weighted by Gasteiger charge is 2.18. The Labute approximate surface area is 124 Å². The number of carbonyl (C=O) groups is 1. The molecule has 0 N–H and O–H groups in total. The standard InChI is InChI=1S/C16H17ClN2O/c1-2-3-11-19(14-7-5-4-6-8-14)16(20)15-12-13(17)9-10-18-15/h4-10,12H,2-3,11H2,1H3. The van der Waals surface area contributed by atoms with Crippen LogP contribution in [0.3, 0.4) is 0 Å². The molecule has 1 aromatic heterocycles. The van der Waals surface area contributed by atoms with Crippen molar-refractivity contribution >= 4 is 23.2 Å². The van der Waals surface area contributed by atoms with Crippen molar-refractivity contribution < 1.29 is 4.79 Å². The van der Waals surface area contributed by atoms with E-state index in [9.17, 15) is 4.79 Å². The zero-order valence-corrected chi connectivity index (χ0v) is 12.2. The fourth-order valence-corrected chi connectivity index (χ4v) is 2.09. The number of anilines is 1. The van der Waals surface area contributed by atoms with Crippen molar-refractivity contribution in [2.45, 2.75) is 19.8 Å². The minimum Gasteiger partial charge on any atom is -0.307 e. The Hall–Kier alpha value is -1.87. The average Bonchev–Trinajstić information content (AvgIpc) is 2.48. The summed E-state index contributed by atoms with van der Waals surface area (Å²) in [6.45, 7) is 2.78. The Balaban J connectivity index is 2.29. The van der Waals surface area contributed by atoms with Crippen LogP contribution in [0, 0.1) is 0 Å². The Morgan fingerprint density at radius 3 is 2.65 bits per heavy atom. The second kappa shape index (κ2) is 7.06. The molecule has 3 nitrogen and oxygen atoms in total. The maximum Gasteiger partial charge on any atom is 0.276 e. The molecular formula is C16H17ClN2O. The Morgan fingerprint density at radius 1 is 1.25 bits per heavy atom. The van der Waals surface area contributed by atoms with E-state index < -0.39 is 0 Å². The predicted octanol–water partition coefficient (Wildman–Crippen LogP) is 4.18. The number of amides is 1. The van der Waals surface area contributed by atoms with Gasteiger partial charge in [0.05, 0.1) is 0 Å². The first-order valence-corrected chi connectivity index (χ1v) is 7.08. The lowest BCUT2D eigenvalue weighted by molar-refractivity contribution is 0.0982. The van der Waals surface area contributed by atoms with Gasteiger partial charge in [0.2, 0.25) is 0 Å². The molecular weight excluding hydrogens is 272 g/mol. The third-order valence-electron chi connectivity index (χ3n) is 2.99. The van der Waals surface area contributed by atoms with Gasteiger partial charge in [0.25, 0.3) is 5.91 Å². The van der Waals surface area contributed by atoms with E-state index in [1.54, 1.807) is 23.2 Å². The molecule has 2 rings (SSSR count). The lowest BCUT2D eigenvalue weighted by atomic mass is 10.2. The molecule has 0 atom stereocenters. The monoisotopic (exact) mass is 288 g/mol. The van der Waals surface area contributed by atoms with Gasteiger partial charge in [-0.1, -0.05) is 43.1 Å². The van der Waals surface area contributed by atoms with Crippen LogP contribution in [-0.2, 0) is 0 Å². The van der Waals surface area contributed by atoms with E-state index in [0.29, 0.717) is 17.3 Å². The Morgan fingerprint density at radius 2 is 2.00 bits per heavy atom. The molecule has 1 aromatic carbocycles. The SMILES string of the molecule is CCCCN(C(=O)c1cc(Cl)ccn1)c1ccccc1. The molecule has 1 heterocycles. The normalized spacial score (nSPS) is 10.3. The lowest BCUT2D eigenvalue weighted by Gasteiger charge is -2.22. The number of carbonyl (C=O) groups excluding carboxylic acids is 1. The maximum absolute atomic E-state index is 12.6. The van der Waals surface area contributed by atoms with Crippen molar-refractivity contribution in [2.75, 3.05) is 11.4 Å². The van der Waals surface area contributed by atoms with E-state index in [4.69, 9.17) is 11.6 Å². The molecule has 0 aliphatic rings. The van der Waals surface area contributed by atoms with Gasteiger partial charge in [-0.15, -0.1) is 0 Å². The summed E-state index contributed by atoms with van der Waals surface area (Å²) in [5, 5.41) is 0.520. The molecule has 0 saturated carbocycles. The second-order valence-electron chi connectivity index (χ2n) is 4.51. The van der Waals surface area contributed by atoms with Crippen molar-refractivity contribution in [3.8, 4) is 0 Å². The van der Waals surface area contributed by atoms with Crippen molar-refractivity contribution in [1.29, 1.82) is 0 Å². The van der Waals surface area contributed by atoms with Crippen molar-refractivity contribution in [3.63, 3.8) is 0 Å². The van der Waals surface area contributed by atoms with Gasteiger partial charge in [-0.05, 0) is 30.7 Å². The maximum atomic E-state index is 12.6. The Kier molecular flexibility index (Phi) is 5.13. The number of hydrogen-bond acceptors (Lipinski definition) is 2. The predicted molar refractivity (Wildman–Crippen MR) is 82.3 cm³/mol. The van der Waals surface area contributed by atoms with Gasteiger partial charge in [-0.3, -0.25) is 9.78 Å². The number of pyridine rings is 1. The summed E-state index contributed by atoms with van der Waals surface area (Å²) in [4.78, 5) is 18.5. The molecule has 0 unspecified atom stereocenters. The number of unbranched alkanes of at least 4 members (excludes halogenated alkanes) is 1. The fourth-order valence-electron chi connectivity index (χ4n) is 1.93. The van der Waals surface area contributed by atoms with Crippen LogP contribution in [0.25, 0.3) is 0 Å². The highest BCUT2D eigenvalue weighted by atomic mass is 35.5. The molecule has 2 aromatic rings. The molecule has 104 valence electrons. The number of para-hydroxylation sites is 1. The zero-order chi connectivity index (χ0) is 14.4. The first kappa shape index (κ1) is 14.5. The molecule has 0 aliphatic carbocycles. The van der Waals surface area contributed by atoms with Crippen LogP contribution in [0.4, 0.5) is 5.69 Å². The smallest absolute Gasteiger partial charge is 0.276 e. The quantitative estimate of drug-likeness (QED) is 0.827. The minimum absolute atomic E-state index is 0.118. The summed E-state index contributed by atoms with van der Waals surface area (Å²) in [6.07, 6.45) is 3.53. The summed E-state index contributed by atoms with van der Waals surface area (Å²) < 4.78 is 0. The van der Waals surface area contributed by atoms with Crippen LogP contribution < -0.4 is 4.90 Å². The first-order valence-electron chi connectivity index (χ1n) is 6.71. The highest BCUT2D eigenvalue weighted by Crippen LogP contribution is 2.18. The molecule has 0 radical (unpaired) electrons. The summed E-state index contributed by atoms with van der Waals surface area (Å²) in [5.41, 5.74) is 1.25. The molecule has 20 heavy (non-hydrogen) atoms. The zero-order valence-electron chi connectivity index (χ0n) is 11.4. The van der Waals surface area contributed by atoms with Crippen LogP contribution in [0.2, 0.25) is 5.02 Å². The summed E-state index contributed by atoms with van der Waals surface area (Å²) >= 11 is 5.93. The molecule has 0 bridgehead atoms. The van der Waals surface area contributed by atoms with Crippen LogP contribution in [0.1, 0.15) is 30.3 Å². The van der Waals surface area contributed by atoms with Gasteiger partial charge < -0.3 is 4.90 Å². The van der Waals surface area contributed by atoms with Gasteiger partial charge in [0.1, 0.15) is 5.69 Å². The second-order valence-corrected chi connectivity index (χ2v) is 4.94. The molecule has 0 fully saturated rings. The van der Waals surface area contributed by atoms with Crippen LogP contribution in [0.5, 0.6) is 0 Å². The van der Waals surface area contributed by atoms with E-state index in [2.05, 4.69) is 11.9 Å². The molecule has 0 spiro atoms. The number of hydrogen-bond donors (Lipinski definition) is 0. The van der Waals surface area contributed by atoms with Crippen LogP contribution in [-0.4, -0.2) is 17.4 Å². The van der Waals surface area contributed by atoms with Gasteiger partial charge in [0, 0.05) is 23.5 Å². The molecule has 0 saturated heterocycles. The van der Waals surface area contributed by atoms with E-state index in [0.717, 1.165) is 18.5 Å². The van der Waals surface area contributed by atoms with Gasteiger partial charge in [0.15, 0.2) is 0 Å². The van der Waals surface area contributed by atoms with Crippen molar-refractivity contribution in [1.82, 2.24) is 4.98 Å². The lowest BCUT2D eigenvalue weighted by Crippen LogP contribution is -2.32. The largest absolute Gasteiger partial charge is 0.307 e. The minimum atomic E-state index is -0.118. The third-order valence-corrected chi connectivity index (χ3v) is 3.22. The number of aromatic nitrogens is 1. The summed E-state index contributed by atoms with van der Waals surface area (Å²) in [6, 6.07) is 12.9. The topological polar surface area (TPSA) is 33.2 Å². The number of nitrogens with zero attached hydrogens (tertiary/aromatic N) is 2. The summed E-state index contributed by atoms with van der Waals surface area (Å²) in [7, 11) is 0. The van der Waals surface area contributed by atoms with Crippen molar-refractivity contribution in [3.05, 3.63) is 59.4 Å². The summed E-state index contributed by atoms with van der Waals surface area (Å²) in [5.74, 6) is -0.118. The van der Waals surface area contributed by atoms with Crippen LogP contribution in [0.15, 0.2) is 48.7 Å². The van der Waals surface area contributed by atoms with Crippen LogP contribution >= 0.6 is 11.6 Å². The van der Waals surface area contributed by atoms with E-state index in [1.807, 2.05) is 30.3 Å². The van der Waals surface area contributed by atoms with E-state index >= 15 is 0 Å². The van der Waals surface area contributed by atoms with E-state index in [-0.39, 0.29) is 5.91 Å². The molecule has 1 amide bonds. The number of rotatable bonds is 5. The fraction of sp³-hybridized carbons (Fsp3) is 0.250. The van der Waals surface area contributed by atoms with Gasteiger partial charge >= 0.3 is 0 Å². The van der Waals surface area contributed by atoms with Gasteiger partial charge in [-0.2, -0.15) is 0 Å². The van der Waals surface area contributed by atoms with E-state index in [1.165, 1.54) is 0 Å². The molecule has 0 aliphatic heterocycles. The first-order chi connectivity index (χ1) is 9.72. The Bertz CT molecular complexity index is 572. The third kappa shape index (κ3) is 3.58. The van der Waals surface area contributed by atoms with Crippen molar-refractivity contribution in [2.24, 2.45) is 0 Å². The number of benzene rings is 1. The van der Waals surface area contributed by atoms with Gasteiger partial charge in [-0.25, -0.2) is 0 Å². The molecule has 4 heteroatoms. The average molecular weight is 289 g/mol. The highest BCUT2D eigenvalue weighted by molar-refractivity contribution is 6.31. The number of halogens is 1.